The van der Waals surface area contributed by atoms with E-state index >= 15 is 0 Å². The fourth-order valence-corrected chi connectivity index (χ4v) is 3.55. The highest BCUT2D eigenvalue weighted by Crippen LogP contribution is 2.42. The van der Waals surface area contributed by atoms with Gasteiger partial charge >= 0.3 is 0 Å². The third-order valence-electron chi connectivity index (χ3n) is 4.29. The van der Waals surface area contributed by atoms with Crippen LogP contribution < -0.4 is 4.74 Å². The highest BCUT2D eigenvalue weighted by molar-refractivity contribution is 6.32. The van der Waals surface area contributed by atoms with Crippen LogP contribution in [0.2, 0.25) is 5.02 Å². The van der Waals surface area contributed by atoms with Gasteiger partial charge in [-0.05, 0) is 32.4 Å². The molecule has 3 unspecified atom stereocenters. The normalized spacial score (nSPS) is 31.6. The molecule has 0 aromatic heterocycles. The van der Waals surface area contributed by atoms with Gasteiger partial charge in [0.25, 0.3) is 0 Å². The molecule has 1 aromatic rings. The van der Waals surface area contributed by atoms with E-state index in [1.165, 1.54) is 19.3 Å². The predicted octanol–water partition coefficient (Wildman–Crippen LogP) is 3.01. The summed E-state index contributed by atoms with van der Waals surface area (Å²) >= 11 is 6.21. The minimum absolute atomic E-state index is 0.0118. The molecule has 0 amide bonds. The maximum absolute atomic E-state index is 10.4. The molecule has 1 aromatic carbocycles. The molecule has 104 valence electrons. The standard InChI is InChI=1S/C15H20ClNO2/c1-10-5-2-3-8-17(10)14-11-6-4-7-12(16)15(11)19-9-13(14)18/h4,6-7,10,13-14,18H,2-3,5,8-9H2,1H3. The van der Waals surface area contributed by atoms with E-state index in [1.54, 1.807) is 0 Å². The molecule has 0 bridgehead atoms. The second-order valence-electron chi connectivity index (χ2n) is 5.56. The van der Waals surface area contributed by atoms with Gasteiger partial charge in [-0.15, -0.1) is 0 Å². The van der Waals surface area contributed by atoms with Crippen LogP contribution in [0.25, 0.3) is 0 Å². The van der Waals surface area contributed by atoms with Crippen LogP contribution >= 0.6 is 11.6 Å². The molecule has 2 aliphatic rings. The van der Waals surface area contributed by atoms with Crippen LogP contribution in [0.4, 0.5) is 0 Å². The van der Waals surface area contributed by atoms with Gasteiger partial charge in [0.1, 0.15) is 18.5 Å². The van der Waals surface area contributed by atoms with Crippen molar-refractivity contribution in [3.05, 3.63) is 28.8 Å². The number of benzene rings is 1. The largest absolute Gasteiger partial charge is 0.489 e. The SMILES string of the molecule is CC1CCCCN1C1c2cccc(Cl)c2OCC1O. The van der Waals surface area contributed by atoms with Gasteiger partial charge in [0.05, 0.1) is 11.1 Å². The van der Waals surface area contributed by atoms with Crippen molar-refractivity contribution < 1.29 is 9.84 Å². The van der Waals surface area contributed by atoms with Crippen LogP contribution in [-0.4, -0.2) is 35.3 Å². The lowest BCUT2D eigenvalue weighted by Crippen LogP contribution is -2.48. The van der Waals surface area contributed by atoms with Gasteiger partial charge in [0.15, 0.2) is 0 Å². The highest BCUT2D eigenvalue weighted by Gasteiger charge is 2.37. The Kier molecular flexibility index (Phi) is 3.70. The molecule has 0 aliphatic carbocycles. The summed E-state index contributed by atoms with van der Waals surface area (Å²) in [6.45, 7) is 3.60. The van der Waals surface area contributed by atoms with Crippen molar-refractivity contribution in [1.29, 1.82) is 0 Å². The molecule has 1 saturated heterocycles. The molecule has 1 fully saturated rings. The Morgan fingerprint density at radius 1 is 1.37 bits per heavy atom. The first-order valence-electron chi connectivity index (χ1n) is 7.03. The number of piperidine rings is 1. The first-order chi connectivity index (χ1) is 9.18. The van der Waals surface area contributed by atoms with Gasteiger partial charge in [-0.1, -0.05) is 30.2 Å². The number of rotatable bonds is 1. The molecular formula is C15H20ClNO2. The van der Waals surface area contributed by atoms with Gasteiger partial charge in [-0.2, -0.15) is 0 Å². The van der Waals surface area contributed by atoms with Crippen LogP contribution in [-0.2, 0) is 0 Å². The van der Waals surface area contributed by atoms with Crippen molar-refractivity contribution in [2.75, 3.05) is 13.2 Å². The lowest BCUT2D eigenvalue weighted by Gasteiger charge is -2.44. The van der Waals surface area contributed by atoms with Gasteiger partial charge in [0, 0.05) is 11.6 Å². The molecule has 19 heavy (non-hydrogen) atoms. The second kappa shape index (κ2) is 5.31. The molecule has 0 radical (unpaired) electrons. The lowest BCUT2D eigenvalue weighted by molar-refractivity contribution is -0.0247. The van der Waals surface area contributed by atoms with Crippen molar-refractivity contribution in [3.63, 3.8) is 0 Å². The number of fused-ring (bicyclic) bond motifs is 1. The number of aliphatic hydroxyl groups excluding tert-OH is 1. The fourth-order valence-electron chi connectivity index (χ4n) is 3.31. The summed E-state index contributed by atoms with van der Waals surface area (Å²) in [5, 5.41) is 11.0. The van der Waals surface area contributed by atoms with E-state index in [2.05, 4.69) is 11.8 Å². The molecule has 0 spiro atoms. The number of likely N-dealkylation sites (tertiary alicyclic amines) is 1. The Balaban J connectivity index is 1.98. The zero-order valence-corrected chi connectivity index (χ0v) is 11.9. The van der Waals surface area contributed by atoms with Crippen molar-refractivity contribution >= 4 is 11.6 Å². The summed E-state index contributed by atoms with van der Waals surface area (Å²) in [6, 6.07) is 6.31. The van der Waals surface area contributed by atoms with E-state index in [-0.39, 0.29) is 6.04 Å². The smallest absolute Gasteiger partial charge is 0.142 e. The van der Waals surface area contributed by atoms with E-state index in [0.29, 0.717) is 17.7 Å². The maximum Gasteiger partial charge on any atom is 0.142 e. The number of hydrogen-bond acceptors (Lipinski definition) is 3. The number of hydrogen-bond donors (Lipinski definition) is 1. The Morgan fingerprint density at radius 3 is 3.00 bits per heavy atom. The summed E-state index contributed by atoms with van der Waals surface area (Å²) in [4.78, 5) is 2.41. The first kappa shape index (κ1) is 13.2. The van der Waals surface area contributed by atoms with E-state index < -0.39 is 6.10 Å². The summed E-state index contributed by atoms with van der Waals surface area (Å²) in [5.41, 5.74) is 1.03. The number of halogens is 1. The van der Waals surface area contributed by atoms with Crippen LogP contribution in [0.3, 0.4) is 0 Å². The zero-order valence-electron chi connectivity index (χ0n) is 11.2. The Labute approximate surface area is 119 Å². The van der Waals surface area contributed by atoms with Crippen molar-refractivity contribution in [2.45, 2.75) is 44.4 Å². The highest BCUT2D eigenvalue weighted by atomic mass is 35.5. The minimum Gasteiger partial charge on any atom is -0.489 e. The molecule has 2 heterocycles. The third kappa shape index (κ3) is 2.35. The van der Waals surface area contributed by atoms with Crippen molar-refractivity contribution in [3.8, 4) is 5.75 Å². The van der Waals surface area contributed by atoms with Crippen molar-refractivity contribution in [2.24, 2.45) is 0 Å². The average Bonchev–Trinajstić information content (AvgIpc) is 2.40. The second-order valence-corrected chi connectivity index (χ2v) is 5.97. The number of para-hydroxylation sites is 1. The Hall–Kier alpha value is -0.770. The zero-order chi connectivity index (χ0) is 13.4. The Morgan fingerprint density at radius 2 is 2.21 bits per heavy atom. The van der Waals surface area contributed by atoms with E-state index in [0.717, 1.165) is 17.9 Å². The summed E-state index contributed by atoms with van der Waals surface area (Å²) in [6.07, 6.45) is 3.19. The molecule has 2 aliphatic heterocycles. The quantitative estimate of drug-likeness (QED) is 0.859. The average molecular weight is 282 g/mol. The van der Waals surface area contributed by atoms with Gasteiger partial charge < -0.3 is 9.84 Å². The van der Waals surface area contributed by atoms with Crippen LogP contribution in [0, 0.1) is 0 Å². The van der Waals surface area contributed by atoms with Gasteiger partial charge in [-0.3, -0.25) is 4.90 Å². The Bertz CT molecular complexity index is 465. The summed E-state index contributed by atoms with van der Waals surface area (Å²) in [7, 11) is 0. The van der Waals surface area contributed by atoms with E-state index in [4.69, 9.17) is 16.3 Å². The number of ether oxygens (including phenoxy) is 1. The molecular weight excluding hydrogens is 262 g/mol. The molecule has 3 atom stereocenters. The number of aliphatic hydroxyl groups is 1. The molecule has 4 heteroatoms. The van der Waals surface area contributed by atoms with Gasteiger partial charge in [-0.25, -0.2) is 0 Å². The predicted molar refractivity (Wildman–Crippen MR) is 75.7 cm³/mol. The van der Waals surface area contributed by atoms with Crippen LogP contribution in [0.1, 0.15) is 37.8 Å². The molecule has 3 nitrogen and oxygen atoms in total. The van der Waals surface area contributed by atoms with Crippen LogP contribution in [0.5, 0.6) is 5.75 Å². The topological polar surface area (TPSA) is 32.7 Å². The molecule has 0 saturated carbocycles. The summed E-state index contributed by atoms with van der Waals surface area (Å²) < 4.78 is 5.61. The summed E-state index contributed by atoms with van der Waals surface area (Å²) in [5.74, 6) is 0.747. The molecule has 1 N–H and O–H groups in total. The van der Waals surface area contributed by atoms with Crippen LogP contribution in [0.15, 0.2) is 18.2 Å². The first-order valence-corrected chi connectivity index (χ1v) is 7.41. The van der Waals surface area contributed by atoms with E-state index in [1.807, 2.05) is 18.2 Å². The number of nitrogens with zero attached hydrogens (tertiary/aromatic N) is 1. The monoisotopic (exact) mass is 281 g/mol. The van der Waals surface area contributed by atoms with E-state index in [9.17, 15) is 5.11 Å². The third-order valence-corrected chi connectivity index (χ3v) is 4.59. The van der Waals surface area contributed by atoms with Gasteiger partial charge in [0.2, 0.25) is 0 Å². The molecule has 3 rings (SSSR count). The maximum atomic E-state index is 10.4. The lowest BCUT2D eigenvalue weighted by atomic mass is 9.92. The van der Waals surface area contributed by atoms with Crippen molar-refractivity contribution in [1.82, 2.24) is 4.90 Å². The fraction of sp³-hybridized carbons (Fsp3) is 0.600. The minimum atomic E-state index is -0.480.